The van der Waals surface area contributed by atoms with E-state index in [0.717, 1.165) is 27.8 Å². The van der Waals surface area contributed by atoms with Crippen molar-refractivity contribution in [3.8, 4) is 11.6 Å². The highest BCUT2D eigenvalue weighted by molar-refractivity contribution is 7.78. The van der Waals surface area contributed by atoms with E-state index in [1.54, 1.807) is 39.2 Å². The van der Waals surface area contributed by atoms with Gasteiger partial charge in [-0.2, -0.15) is 9.97 Å². The number of anilines is 1. The minimum Gasteiger partial charge on any atom is -0.471 e. The number of nitrogens with zero attached hydrogens (tertiary/aromatic N) is 6. The number of rotatable bonds is 16. The van der Waals surface area contributed by atoms with Gasteiger partial charge in [0, 0.05) is 13.1 Å². The minimum absolute atomic E-state index is 0.0446. The molecule has 1 unspecified atom stereocenters. The molecule has 0 spiro atoms. The number of benzene rings is 5. The molecule has 66 heavy (non-hydrogen) atoms. The summed E-state index contributed by atoms with van der Waals surface area (Å²) in [7, 11) is 2.36. The Kier molecular flexibility index (Phi) is 14.5. The van der Waals surface area contributed by atoms with Gasteiger partial charge in [-0.3, -0.25) is 29.0 Å². The number of carbonyl (C=O) groups is 2. The summed E-state index contributed by atoms with van der Waals surface area (Å²) < 4.78 is 29.0. The van der Waals surface area contributed by atoms with Crippen molar-refractivity contribution in [2.24, 2.45) is 5.41 Å². The lowest BCUT2D eigenvalue weighted by Gasteiger charge is -2.50. The van der Waals surface area contributed by atoms with Crippen molar-refractivity contribution in [1.29, 1.82) is 0 Å². The molecule has 2 aromatic heterocycles. The average molecular weight is 926 g/mol. The molecule has 0 bridgehead atoms. The summed E-state index contributed by atoms with van der Waals surface area (Å²) >= 11 is 6.71. The van der Waals surface area contributed by atoms with Crippen LogP contribution in [0.25, 0.3) is 11.2 Å². The highest BCUT2D eigenvalue weighted by atomic mass is 35.7. The topological polar surface area (TPSA) is 133 Å². The van der Waals surface area contributed by atoms with E-state index in [2.05, 4.69) is 83.0 Å². The van der Waals surface area contributed by atoms with Gasteiger partial charge in [-0.1, -0.05) is 133 Å². The molecule has 1 saturated heterocycles. The number of hydrogen-bond acceptors (Lipinski definition) is 11. The van der Waals surface area contributed by atoms with Crippen molar-refractivity contribution in [3.63, 3.8) is 0 Å². The molecule has 1 amide bonds. The Bertz CT molecular complexity index is 2610. The van der Waals surface area contributed by atoms with Crippen LogP contribution >= 0.6 is 18.9 Å². The monoisotopic (exact) mass is 925 g/mol. The number of amides is 1. The van der Waals surface area contributed by atoms with Crippen molar-refractivity contribution in [2.45, 2.75) is 51.7 Å². The second kappa shape index (κ2) is 20.6. The Balaban J connectivity index is 1.20. The van der Waals surface area contributed by atoms with E-state index < -0.39 is 30.9 Å². The molecule has 0 aliphatic carbocycles. The maximum atomic E-state index is 13.5. The fraction of sp³-hybridized carbons (Fsp3) is 0.275. The third-order valence-electron chi connectivity index (χ3n) is 11.2. The standard InChI is InChI=1S/C51H53ClN7O6P/c1-50(2,3)48(61)65-41-28-26-37(27-29-41)33-62-47-45-46(55-49(56-47)54-43(60)30-36-18-10-6-11-19-36)59(35-53-45)44-32-58(31-42(64-44)34-63-66(52)57(4)5)51(38-20-12-7-13-21-38,39-22-14-8-15-23-39)40-24-16-9-17-25-40/h6-29,35,42,44H,30-34H2,1-5H3,(H,54,55,56,60)/t42-,44+,66?/m0/s1. The lowest BCUT2D eigenvalue weighted by atomic mass is 9.75. The van der Waals surface area contributed by atoms with E-state index in [1.165, 1.54) is 0 Å². The summed E-state index contributed by atoms with van der Waals surface area (Å²) in [5.74, 6) is 0.00111. The van der Waals surface area contributed by atoms with Gasteiger partial charge >= 0.3 is 5.97 Å². The number of ether oxygens (including phenoxy) is 3. The van der Waals surface area contributed by atoms with Crippen molar-refractivity contribution >= 4 is 47.9 Å². The normalized spacial score (nSPS) is 16.2. The van der Waals surface area contributed by atoms with E-state index in [9.17, 15) is 9.59 Å². The SMILES string of the molecule is CN(C)P(Cl)OC[C@@H]1CN(C(c2ccccc2)(c2ccccc2)c2ccccc2)C[C@H](n2cnc3c(OCc4ccc(OC(=O)C(C)(C)C)cc4)nc(NC(=O)Cc4ccccc4)nc32)O1. The maximum absolute atomic E-state index is 13.5. The highest BCUT2D eigenvalue weighted by Crippen LogP contribution is 2.47. The maximum Gasteiger partial charge on any atom is 0.316 e. The van der Waals surface area contributed by atoms with Gasteiger partial charge in [0.15, 0.2) is 11.2 Å². The highest BCUT2D eigenvalue weighted by Gasteiger charge is 2.47. The molecule has 1 aliphatic heterocycles. The first-order valence-electron chi connectivity index (χ1n) is 21.7. The first-order chi connectivity index (χ1) is 31.9. The van der Waals surface area contributed by atoms with E-state index in [4.69, 9.17) is 44.9 Å². The largest absolute Gasteiger partial charge is 0.471 e. The van der Waals surface area contributed by atoms with E-state index >= 15 is 0 Å². The molecule has 1 fully saturated rings. The Labute approximate surface area is 391 Å². The van der Waals surface area contributed by atoms with Crippen LogP contribution in [0.3, 0.4) is 0 Å². The van der Waals surface area contributed by atoms with E-state index in [0.29, 0.717) is 30.0 Å². The van der Waals surface area contributed by atoms with Gasteiger partial charge in [-0.15, -0.1) is 0 Å². The molecule has 0 saturated carbocycles. The first kappa shape index (κ1) is 46.5. The number of nitrogens with one attached hydrogen (secondary N) is 1. The van der Waals surface area contributed by atoms with Gasteiger partial charge in [-0.05, 0) is 86.1 Å². The molecule has 1 aliphatic rings. The Hall–Kier alpha value is -6.05. The van der Waals surface area contributed by atoms with Crippen LogP contribution in [0.15, 0.2) is 152 Å². The van der Waals surface area contributed by atoms with Crippen molar-refractivity contribution in [3.05, 3.63) is 180 Å². The summed E-state index contributed by atoms with van der Waals surface area (Å²) in [6, 6.07) is 48.0. The van der Waals surface area contributed by atoms with Gasteiger partial charge in [0.1, 0.15) is 18.6 Å². The first-order valence-corrected chi connectivity index (χ1v) is 23.9. The van der Waals surface area contributed by atoms with Crippen LogP contribution in [0.4, 0.5) is 5.95 Å². The number of imidazole rings is 1. The number of carbonyl (C=O) groups excluding carboxylic acids is 2. The molecule has 8 rings (SSSR count). The lowest BCUT2D eigenvalue weighted by Crippen LogP contribution is -2.57. The van der Waals surface area contributed by atoms with Crippen molar-refractivity contribution < 1.29 is 28.3 Å². The zero-order valence-electron chi connectivity index (χ0n) is 37.6. The molecule has 3 atom stereocenters. The molecule has 7 aromatic rings. The van der Waals surface area contributed by atoms with Crippen molar-refractivity contribution in [2.75, 3.05) is 39.1 Å². The predicted octanol–water partition coefficient (Wildman–Crippen LogP) is 9.77. The number of fused-ring (bicyclic) bond motifs is 1. The van der Waals surface area contributed by atoms with E-state index in [-0.39, 0.29) is 43.3 Å². The quantitative estimate of drug-likeness (QED) is 0.0430. The smallest absolute Gasteiger partial charge is 0.316 e. The second-order valence-corrected chi connectivity index (χ2v) is 19.6. The minimum atomic E-state index is -1.41. The van der Waals surface area contributed by atoms with Crippen LogP contribution in [0.2, 0.25) is 0 Å². The number of aromatic nitrogens is 4. The van der Waals surface area contributed by atoms with Crippen LogP contribution in [0.5, 0.6) is 11.6 Å². The fourth-order valence-electron chi connectivity index (χ4n) is 7.96. The summed E-state index contributed by atoms with van der Waals surface area (Å²) in [4.78, 5) is 42.9. The van der Waals surface area contributed by atoms with Crippen LogP contribution in [0, 0.1) is 5.41 Å². The summed E-state index contributed by atoms with van der Waals surface area (Å²) in [6.45, 7) is 6.58. The molecule has 1 N–H and O–H groups in total. The van der Waals surface area contributed by atoms with Gasteiger partial charge in [0.25, 0.3) is 0 Å². The molecular weight excluding hydrogens is 873 g/mol. The number of halogens is 1. The number of morpholine rings is 1. The molecular formula is C51H53ClN7O6P. The molecule has 3 heterocycles. The van der Waals surface area contributed by atoms with Crippen LogP contribution in [-0.2, 0) is 37.4 Å². The van der Waals surface area contributed by atoms with Gasteiger partial charge in [-0.25, -0.2) is 4.98 Å². The zero-order valence-corrected chi connectivity index (χ0v) is 39.2. The fourth-order valence-corrected chi connectivity index (χ4v) is 8.65. The average Bonchev–Trinajstić information content (AvgIpc) is 3.76. The predicted molar refractivity (Wildman–Crippen MR) is 257 cm³/mol. The Morgan fingerprint density at radius 2 is 1.36 bits per heavy atom. The molecule has 13 nitrogen and oxygen atoms in total. The second-order valence-electron chi connectivity index (χ2n) is 17.3. The van der Waals surface area contributed by atoms with Crippen molar-refractivity contribution in [1.82, 2.24) is 29.1 Å². The summed E-state index contributed by atoms with van der Waals surface area (Å²) in [6.07, 6.45) is 0.653. The van der Waals surface area contributed by atoms with Gasteiger partial charge in [0.05, 0.1) is 36.4 Å². The Morgan fingerprint density at radius 1 is 0.788 bits per heavy atom. The van der Waals surface area contributed by atoms with Gasteiger partial charge in [0.2, 0.25) is 25.4 Å². The summed E-state index contributed by atoms with van der Waals surface area (Å²) in [5.41, 5.74) is 4.19. The molecule has 5 aromatic carbocycles. The van der Waals surface area contributed by atoms with Gasteiger partial charge < -0.3 is 18.7 Å². The van der Waals surface area contributed by atoms with Crippen LogP contribution < -0.4 is 14.8 Å². The Morgan fingerprint density at radius 3 is 1.92 bits per heavy atom. The van der Waals surface area contributed by atoms with E-state index in [1.807, 2.05) is 84.0 Å². The number of hydrogen-bond donors (Lipinski definition) is 1. The molecule has 0 radical (unpaired) electrons. The lowest BCUT2D eigenvalue weighted by molar-refractivity contribution is -0.145. The van der Waals surface area contributed by atoms with Crippen LogP contribution in [0.1, 0.15) is 54.8 Å². The molecule has 15 heteroatoms. The van der Waals surface area contributed by atoms with Crippen LogP contribution in [-0.4, -0.2) is 80.9 Å². The number of esters is 1. The summed E-state index contributed by atoms with van der Waals surface area (Å²) in [5, 5.41) is 2.91. The third-order valence-corrected chi connectivity index (χ3v) is 13.4. The third kappa shape index (κ3) is 10.6. The molecule has 340 valence electrons. The zero-order chi connectivity index (χ0) is 46.3.